The number of piperazine rings is 1. The van der Waals surface area contributed by atoms with Gasteiger partial charge >= 0.3 is 6.18 Å². The maximum atomic E-state index is 13.2. The summed E-state index contributed by atoms with van der Waals surface area (Å²) in [5.74, 6) is -0.774. The molecule has 5 rings (SSSR count). The molecule has 3 heterocycles. The van der Waals surface area contributed by atoms with Crippen molar-refractivity contribution in [2.24, 2.45) is 5.73 Å². The number of aliphatic hydroxyl groups excluding tert-OH is 1. The number of sulfonamides is 1. The van der Waals surface area contributed by atoms with Crippen LogP contribution in [0.2, 0.25) is 0 Å². The number of nitro benzene ring substituents is 1. The van der Waals surface area contributed by atoms with Crippen molar-refractivity contribution in [3.05, 3.63) is 75.0 Å². The summed E-state index contributed by atoms with van der Waals surface area (Å²) in [5.41, 5.74) is 6.67. The second-order valence-electron chi connectivity index (χ2n) is 11.1. The molecule has 3 aromatic rings. The van der Waals surface area contributed by atoms with Crippen LogP contribution in [0.5, 0.6) is 0 Å². The maximum absolute atomic E-state index is 13.2. The van der Waals surface area contributed by atoms with Gasteiger partial charge in [0.25, 0.3) is 11.6 Å². The predicted molar refractivity (Wildman–Crippen MR) is 158 cm³/mol. The van der Waals surface area contributed by atoms with Crippen LogP contribution >= 0.6 is 0 Å². The van der Waals surface area contributed by atoms with Gasteiger partial charge in [0.15, 0.2) is 0 Å². The molecule has 0 spiro atoms. The lowest BCUT2D eigenvalue weighted by atomic mass is 10.0. The molecule has 0 saturated carbocycles. The number of nitrogens with zero attached hydrogens (tertiary/aromatic N) is 6. The van der Waals surface area contributed by atoms with Crippen molar-refractivity contribution >= 4 is 27.3 Å². The van der Waals surface area contributed by atoms with Gasteiger partial charge in [-0.25, -0.2) is 8.42 Å². The molecule has 13 nitrogen and oxygen atoms in total. The van der Waals surface area contributed by atoms with Gasteiger partial charge in [0, 0.05) is 75.1 Å². The van der Waals surface area contributed by atoms with Gasteiger partial charge in [0.1, 0.15) is 5.69 Å². The van der Waals surface area contributed by atoms with Crippen molar-refractivity contribution in [3.63, 3.8) is 0 Å². The molecule has 1 fully saturated rings. The van der Waals surface area contributed by atoms with Crippen molar-refractivity contribution < 1.29 is 36.4 Å². The number of nitro groups is 1. The Balaban J connectivity index is 1.32. The van der Waals surface area contributed by atoms with Crippen LogP contribution in [-0.4, -0.2) is 95.0 Å². The first-order valence-electron chi connectivity index (χ1n) is 14.1. The van der Waals surface area contributed by atoms with E-state index >= 15 is 0 Å². The van der Waals surface area contributed by atoms with E-state index in [0.717, 1.165) is 18.4 Å². The van der Waals surface area contributed by atoms with E-state index in [1.165, 1.54) is 34.6 Å². The molecule has 45 heavy (non-hydrogen) atoms. The summed E-state index contributed by atoms with van der Waals surface area (Å²) in [7, 11) is -3.54. The Labute approximate surface area is 256 Å². The Kier molecular flexibility index (Phi) is 8.90. The monoisotopic (exact) mass is 651 g/mol. The van der Waals surface area contributed by atoms with Crippen molar-refractivity contribution in [2.45, 2.75) is 31.8 Å². The highest BCUT2D eigenvalue weighted by Gasteiger charge is 2.33. The van der Waals surface area contributed by atoms with E-state index in [2.05, 4.69) is 5.10 Å². The molecule has 17 heteroatoms. The number of para-hydroxylation sites is 1. The molecule has 1 amide bonds. The number of amides is 1. The van der Waals surface area contributed by atoms with Crippen LogP contribution in [0.15, 0.2) is 42.5 Å². The van der Waals surface area contributed by atoms with E-state index in [4.69, 9.17) is 5.73 Å². The average Bonchev–Trinajstić information content (AvgIpc) is 3.33. The second-order valence-corrected chi connectivity index (χ2v) is 13.1. The van der Waals surface area contributed by atoms with Gasteiger partial charge in [-0.15, -0.1) is 0 Å². The Hall–Kier alpha value is -4.06. The van der Waals surface area contributed by atoms with E-state index in [1.807, 2.05) is 4.90 Å². The number of primary amides is 1. The molecule has 0 aliphatic carbocycles. The quantitative estimate of drug-likeness (QED) is 0.260. The van der Waals surface area contributed by atoms with Crippen LogP contribution in [-0.2, 0) is 35.7 Å². The third-order valence-electron chi connectivity index (χ3n) is 8.07. The summed E-state index contributed by atoms with van der Waals surface area (Å²) in [4.78, 5) is 26.8. The number of hydrogen-bond donors (Lipinski definition) is 2. The molecule has 0 bridgehead atoms. The molecule has 2 aromatic carbocycles. The number of rotatable bonds is 9. The van der Waals surface area contributed by atoms with Crippen LogP contribution < -0.4 is 10.6 Å². The molecular formula is C28H32F3N7O6S. The van der Waals surface area contributed by atoms with Crippen molar-refractivity contribution in [2.75, 3.05) is 50.4 Å². The zero-order valence-corrected chi connectivity index (χ0v) is 25.1. The Morgan fingerprint density at radius 1 is 1.09 bits per heavy atom. The van der Waals surface area contributed by atoms with Gasteiger partial charge in [-0.3, -0.25) is 24.5 Å². The number of halogens is 3. The van der Waals surface area contributed by atoms with Gasteiger partial charge in [-0.1, -0.05) is 18.2 Å². The minimum atomic E-state index is -4.51. The number of alkyl halides is 3. The minimum Gasteiger partial charge on any atom is -0.390 e. The predicted octanol–water partition coefficient (Wildman–Crippen LogP) is 2.08. The van der Waals surface area contributed by atoms with Crippen LogP contribution in [0.25, 0.3) is 11.3 Å². The number of benzene rings is 2. The first-order valence-corrected chi connectivity index (χ1v) is 15.9. The fourth-order valence-electron chi connectivity index (χ4n) is 5.87. The highest BCUT2D eigenvalue weighted by atomic mass is 32.2. The maximum Gasteiger partial charge on any atom is 0.416 e. The van der Waals surface area contributed by atoms with E-state index in [1.54, 1.807) is 9.58 Å². The van der Waals surface area contributed by atoms with Crippen molar-refractivity contribution in [1.82, 2.24) is 19.0 Å². The first kappa shape index (κ1) is 32.3. The molecule has 1 unspecified atom stereocenters. The normalized spacial score (nSPS) is 17.2. The van der Waals surface area contributed by atoms with Gasteiger partial charge in [0.05, 0.1) is 40.6 Å². The number of carbonyl (C=O) groups is 1. The fraction of sp³-hybridized carbons (Fsp3) is 0.429. The van der Waals surface area contributed by atoms with Gasteiger partial charge in [-0.2, -0.15) is 22.6 Å². The number of β-amino-alcohol motifs (C(OH)–C–C–N with tert-alkyl or cyclic N) is 1. The lowest BCUT2D eigenvalue weighted by molar-refractivity contribution is -0.384. The number of fused-ring (bicyclic) bond motifs is 1. The molecule has 0 radical (unpaired) electrons. The van der Waals surface area contributed by atoms with E-state index in [-0.39, 0.29) is 43.1 Å². The van der Waals surface area contributed by atoms with Crippen LogP contribution in [0.4, 0.5) is 24.5 Å². The molecule has 3 N–H and O–H groups in total. The molecule has 1 aromatic heterocycles. The fourth-order valence-corrected chi connectivity index (χ4v) is 6.65. The minimum absolute atomic E-state index is 0.00148. The zero-order chi connectivity index (χ0) is 32.7. The standard InChI is InChI=1S/C28H32F3N7O6S/c1-45(43,44)36-10-9-23-22(17-36)25(18-5-7-19(8-6-18)28(29,30)31)33-37(23)16-20(39)15-34-11-13-35(14-12-34)26-21(27(32)40)3-2-4-24(26)38(41)42/h2-8,20,39H,9-17H2,1H3,(H2,32,40). The lowest BCUT2D eigenvalue weighted by Gasteiger charge is -2.37. The summed E-state index contributed by atoms with van der Waals surface area (Å²) in [5, 5.41) is 27.3. The number of nitrogens with two attached hydrogens (primary N) is 1. The summed E-state index contributed by atoms with van der Waals surface area (Å²) in [6.07, 6.45) is -4.03. The van der Waals surface area contributed by atoms with Gasteiger partial charge in [0.2, 0.25) is 10.0 Å². The Bertz CT molecular complexity index is 1670. The molecule has 2 aliphatic rings. The van der Waals surface area contributed by atoms with Crippen LogP contribution in [0, 0.1) is 10.1 Å². The topological polar surface area (TPSA) is 168 Å². The van der Waals surface area contributed by atoms with E-state index < -0.39 is 38.7 Å². The number of anilines is 1. The van der Waals surface area contributed by atoms with E-state index in [0.29, 0.717) is 55.1 Å². The average molecular weight is 652 g/mol. The molecule has 1 atom stereocenters. The summed E-state index contributed by atoms with van der Waals surface area (Å²) < 4.78 is 66.9. The first-order chi connectivity index (χ1) is 21.1. The SMILES string of the molecule is CS(=O)(=O)N1CCc2c(c(-c3ccc(C(F)(F)F)cc3)nn2CC(O)CN2CCN(c3c(C(N)=O)cccc3[N+](=O)[O-])CC2)C1. The molecule has 1 saturated heterocycles. The van der Waals surface area contributed by atoms with E-state index in [9.17, 15) is 41.6 Å². The summed E-state index contributed by atoms with van der Waals surface area (Å²) in [6, 6.07) is 8.66. The number of aromatic nitrogens is 2. The zero-order valence-electron chi connectivity index (χ0n) is 24.3. The third kappa shape index (κ3) is 6.95. The Morgan fingerprint density at radius 3 is 2.33 bits per heavy atom. The number of hydrogen-bond acceptors (Lipinski definition) is 9. The Morgan fingerprint density at radius 2 is 1.76 bits per heavy atom. The number of carbonyl (C=O) groups excluding carboxylic acids is 1. The second kappa shape index (κ2) is 12.4. The smallest absolute Gasteiger partial charge is 0.390 e. The summed E-state index contributed by atoms with van der Waals surface area (Å²) in [6.45, 7) is 2.02. The molecule has 2 aliphatic heterocycles. The highest BCUT2D eigenvalue weighted by Crippen LogP contribution is 2.35. The molecule has 242 valence electrons. The summed E-state index contributed by atoms with van der Waals surface area (Å²) >= 11 is 0. The lowest BCUT2D eigenvalue weighted by Crippen LogP contribution is -2.49. The van der Waals surface area contributed by atoms with Gasteiger partial charge in [-0.05, 0) is 18.2 Å². The van der Waals surface area contributed by atoms with Crippen molar-refractivity contribution in [1.29, 1.82) is 0 Å². The number of aliphatic hydroxyl groups is 1. The van der Waals surface area contributed by atoms with Crippen LogP contribution in [0.3, 0.4) is 0 Å². The van der Waals surface area contributed by atoms with Crippen molar-refractivity contribution in [3.8, 4) is 11.3 Å². The highest BCUT2D eigenvalue weighted by molar-refractivity contribution is 7.88. The van der Waals surface area contributed by atoms with Gasteiger partial charge < -0.3 is 15.7 Å². The third-order valence-corrected chi connectivity index (χ3v) is 9.32. The van der Waals surface area contributed by atoms with Crippen LogP contribution in [0.1, 0.15) is 27.2 Å². The molecular weight excluding hydrogens is 619 g/mol. The largest absolute Gasteiger partial charge is 0.416 e.